The van der Waals surface area contributed by atoms with Crippen LogP contribution in [0, 0.1) is 6.92 Å². The molecule has 0 radical (unpaired) electrons. The Morgan fingerprint density at radius 2 is 1.19 bits per heavy atom. The third kappa shape index (κ3) is 18.3. The van der Waals surface area contributed by atoms with Gasteiger partial charge in [-0.15, -0.1) is 0 Å². The molecule has 292 valence electrons. The van der Waals surface area contributed by atoms with Crippen molar-refractivity contribution in [2.24, 2.45) is 0 Å². The second-order valence-corrected chi connectivity index (χ2v) is 15.9. The van der Waals surface area contributed by atoms with Gasteiger partial charge in [-0.2, -0.15) is 0 Å². The Balaban J connectivity index is 1.68. The molecule has 0 fully saturated rings. The summed E-state index contributed by atoms with van der Waals surface area (Å²) in [6, 6.07) is 25.8. The first-order valence-corrected chi connectivity index (χ1v) is 20.9. The van der Waals surface area contributed by atoms with Gasteiger partial charge in [0.1, 0.15) is 12.7 Å². The lowest BCUT2D eigenvalue weighted by atomic mass is 10.0. The smallest absolute Gasteiger partial charge is 0.308 e. The van der Waals surface area contributed by atoms with Gasteiger partial charge in [-0.05, 0) is 49.4 Å². The van der Waals surface area contributed by atoms with E-state index in [9.17, 15) is 23.1 Å². The topological polar surface area (TPSA) is 125 Å². The van der Waals surface area contributed by atoms with Crippen LogP contribution in [0.25, 0.3) is 0 Å². The molecule has 0 aliphatic carbocycles. The number of aliphatic hydroxyl groups is 1. The van der Waals surface area contributed by atoms with Crippen molar-refractivity contribution in [3.05, 3.63) is 102 Å². The fourth-order valence-corrected chi connectivity index (χ4v) is 7.07. The molecule has 0 bridgehead atoms. The molecule has 9 nitrogen and oxygen atoms in total. The van der Waals surface area contributed by atoms with Crippen LogP contribution in [0.3, 0.4) is 0 Å². The van der Waals surface area contributed by atoms with E-state index in [2.05, 4.69) is 13.8 Å². The number of aliphatic hydroxyl groups excluding tert-OH is 1. The Labute approximate surface area is 317 Å². The van der Waals surface area contributed by atoms with Gasteiger partial charge in [-0.3, -0.25) is 9.59 Å². The molecule has 4 atom stereocenters. The molecule has 0 saturated heterocycles. The predicted octanol–water partition coefficient (Wildman–Crippen LogP) is 8.48. The van der Waals surface area contributed by atoms with E-state index in [0.29, 0.717) is 25.9 Å². The van der Waals surface area contributed by atoms with E-state index >= 15 is 0 Å². The molecule has 0 aliphatic rings. The molecule has 0 saturated carbocycles. The summed E-state index contributed by atoms with van der Waals surface area (Å²) in [5.41, 5.74) is 2.84. The van der Waals surface area contributed by atoms with Crippen LogP contribution in [0.5, 0.6) is 0 Å². The van der Waals surface area contributed by atoms with Gasteiger partial charge in [0.2, 0.25) is 0 Å². The number of carbonyl (C=O) groups is 2. The van der Waals surface area contributed by atoms with E-state index in [1.165, 1.54) is 0 Å². The van der Waals surface area contributed by atoms with Gasteiger partial charge >= 0.3 is 11.9 Å². The van der Waals surface area contributed by atoms with Crippen LogP contribution in [0.15, 0.2) is 89.8 Å². The minimum atomic E-state index is -3.63. The maximum atomic E-state index is 13.5. The first-order chi connectivity index (χ1) is 25.6. The van der Waals surface area contributed by atoms with Crippen molar-refractivity contribution in [1.29, 1.82) is 0 Å². The lowest BCUT2D eigenvalue weighted by molar-refractivity contribution is -0.156. The number of unbranched alkanes of at least 4 members (excludes halogenated alkanes) is 4. The number of ether oxygens (including phenoxy) is 4. The number of hydrogen-bond donors (Lipinski definition) is 1. The number of carbonyl (C=O) groups excluding carboxylic acids is 2. The van der Waals surface area contributed by atoms with Crippen molar-refractivity contribution in [1.82, 2.24) is 0 Å². The third-order valence-corrected chi connectivity index (χ3v) is 10.8. The van der Waals surface area contributed by atoms with Crippen LogP contribution < -0.4 is 0 Å². The third-order valence-electron chi connectivity index (χ3n) is 9.07. The van der Waals surface area contributed by atoms with Crippen LogP contribution in [-0.4, -0.2) is 62.2 Å². The van der Waals surface area contributed by atoms with Crippen molar-refractivity contribution in [2.75, 3.05) is 12.4 Å². The van der Waals surface area contributed by atoms with Gasteiger partial charge < -0.3 is 24.1 Å². The predicted molar refractivity (Wildman–Crippen MR) is 207 cm³/mol. The number of sulfone groups is 1. The molecule has 0 aliphatic heterocycles. The second kappa shape index (κ2) is 24.7. The first-order valence-electron chi connectivity index (χ1n) is 19.2. The van der Waals surface area contributed by atoms with Crippen LogP contribution in [0.4, 0.5) is 0 Å². The van der Waals surface area contributed by atoms with Gasteiger partial charge in [-0.1, -0.05) is 124 Å². The van der Waals surface area contributed by atoms with E-state index in [4.69, 9.17) is 18.9 Å². The molecule has 53 heavy (non-hydrogen) atoms. The monoisotopic (exact) mass is 752 g/mol. The number of aryl methyl sites for hydroxylation is 1. The largest absolute Gasteiger partial charge is 0.465 e. The number of benzene rings is 3. The molecule has 3 aromatic carbocycles. The summed E-state index contributed by atoms with van der Waals surface area (Å²) < 4.78 is 49.5. The minimum absolute atomic E-state index is 0.0189. The van der Waals surface area contributed by atoms with Crippen molar-refractivity contribution >= 4 is 21.8 Å². The van der Waals surface area contributed by atoms with E-state index in [-0.39, 0.29) is 43.1 Å². The summed E-state index contributed by atoms with van der Waals surface area (Å²) in [4.78, 5) is 26.8. The molecule has 0 amide bonds. The Hall–Kier alpha value is -3.57. The Morgan fingerprint density at radius 1 is 0.660 bits per heavy atom. The van der Waals surface area contributed by atoms with Gasteiger partial charge in [0.25, 0.3) is 0 Å². The van der Waals surface area contributed by atoms with Crippen molar-refractivity contribution in [3.8, 4) is 0 Å². The van der Waals surface area contributed by atoms with Crippen molar-refractivity contribution in [3.63, 3.8) is 0 Å². The highest BCUT2D eigenvalue weighted by atomic mass is 32.2. The van der Waals surface area contributed by atoms with Gasteiger partial charge in [0.15, 0.2) is 9.84 Å². The van der Waals surface area contributed by atoms with E-state index < -0.39 is 46.2 Å². The second-order valence-electron chi connectivity index (χ2n) is 13.8. The van der Waals surface area contributed by atoms with Crippen LogP contribution >= 0.6 is 0 Å². The number of hydrogen-bond acceptors (Lipinski definition) is 9. The van der Waals surface area contributed by atoms with E-state index in [0.717, 1.165) is 55.2 Å². The first kappa shape index (κ1) is 43.8. The fourth-order valence-electron chi connectivity index (χ4n) is 5.98. The number of esters is 2. The molecular weight excluding hydrogens is 693 g/mol. The van der Waals surface area contributed by atoms with Crippen molar-refractivity contribution in [2.45, 2.75) is 140 Å². The minimum Gasteiger partial charge on any atom is -0.465 e. The van der Waals surface area contributed by atoms with Crippen LogP contribution in [0.1, 0.15) is 108 Å². The van der Waals surface area contributed by atoms with Gasteiger partial charge in [0.05, 0.1) is 55.0 Å². The lowest BCUT2D eigenvalue weighted by Gasteiger charge is -2.26. The molecule has 0 spiro atoms. The highest BCUT2D eigenvalue weighted by molar-refractivity contribution is 7.91. The summed E-state index contributed by atoms with van der Waals surface area (Å²) in [7, 11) is -3.63. The van der Waals surface area contributed by atoms with E-state index in [1.54, 1.807) is 24.3 Å². The Kier molecular flexibility index (Phi) is 20.4. The van der Waals surface area contributed by atoms with Crippen LogP contribution in [-0.2, 0) is 51.6 Å². The Bertz CT molecular complexity index is 1550. The molecule has 0 unspecified atom stereocenters. The van der Waals surface area contributed by atoms with Crippen LogP contribution in [0.2, 0.25) is 0 Å². The summed E-state index contributed by atoms with van der Waals surface area (Å²) in [5.74, 6) is -1.36. The zero-order valence-electron chi connectivity index (χ0n) is 31.8. The summed E-state index contributed by atoms with van der Waals surface area (Å²) >= 11 is 0. The zero-order chi connectivity index (χ0) is 38.3. The highest BCUT2D eigenvalue weighted by Crippen LogP contribution is 2.22. The molecule has 3 aromatic rings. The molecule has 1 N–H and O–H groups in total. The summed E-state index contributed by atoms with van der Waals surface area (Å²) in [6.07, 6.45) is 5.09. The standard InChI is InChI=1S/C43H60O9S/c1-4-6-10-20-37(44)28-39(50-32-35-16-12-8-13-17-35)31-43(46)52-38(21-11-7-5-2)29-40(51-33-36-18-14-9-15-19-36)30-42(45)49-26-27-53(47,48)41-24-22-34(3)23-25-41/h8-9,12-19,22-25,37-40,44H,4-7,10-11,20-21,26-33H2,1-3H3/t37-,38-,39-,40-/m1/s1. The number of rotatable bonds is 27. The normalized spacial score (nSPS) is 13.9. The van der Waals surface area contributed by atoms with E-state index in [1.807, 2.05) is 67.6 Å². The highest BCUT2D eigenvalue weighted by Gasteiger charge is 2.27. The molecule has 10 heteroatoms. The summed E-state index contributed by atoms with van der Waals surface area (Å²) in [5, 5.41) is 10.8. The maximum absolute atomic E-state index is 13.5. The maximum Gasteiger partial charge on any atom is 0.308 e. The summed E-state index contributed by atoms with van der Waals surface area (Å²) in [6.45, 7) is 6.35. The molecular formula is C43H60O9S. The average molecular weight is 753 g/mol. The molecule has 0 aromatic heterocycles. The van der Waals surface area contributed by atoms with Gasteiger partial charge in [0, 0.05) is 12.8 Å². The lowest BCUT2D eigenvalue weighted by Crippen LogP contribution is -2.31. The quantitative estimate of drug-likeness (QED) is 0.0603. The van der Waals surface area contributed by atoms with Gasteiger partial charge in [-0.25, -0.2) is 8.42 Å². The van der Waals surface area contributed by atoms with Crippen molar-refractivity contribution < 1.29 is 42.1 Å². The fraction of sp³-hybridized carbons (Fsp3) is 0.535. The molecule has 3 rings (SSSR count). The zero-order valence-corrected chi connectivity index (χ0v) is 32.6. The SMILES string of the molecule is CCCCC[C@@H](O)C[C@H](CC(=O)O[C@H](CCCCC)C[C@H](CC(=O)OCCS(=O)(=O)c1ccc(C)cc1)OCc1ccccc1)OCc1ccccc1. The molecule has 0 heterocycles. The average Bonchev–Trinajstić information content (AvgIpc) is 3.14. The Morgan fingerprint density at radius 3 is 1.75 bits per heavy atom.